The Morgan fingerprint density at radius 3 is 1.21 bits per heavy atom. The number of amides is 1. The van der Waals surface area contributed by atoms with Crippen molar-refractivity contribution in [2.75, 3.05) is 19.8 Å². The molecule has 2 heterocycles. The van der Waals surface area contributed by atoms with Crippen molar-refractivity contribution in [1.82, 2.24) is 5.32 Å². The van der Waals surface area contributed by atoms with Crippen LogP contribution in [0.4, 0.5) is 0 Å². The first-order valence-electron chi connectivity index (χ1n) is 29.3. The van der Waals surface area contributed by atoms with E-state index >= 15 is 0 Å². The van der Waals surface area contributed by atoms with E-state index < -0.39 is 86.8 Å². The standard InChI is InChI=1S/C56H109NO13/c1-3-5-7-9-11-13-14-15-16-17-18-19-20-21-22-23-24-25-26-27-28-29-30-32-34-36-38-40-48(61)57-44(45(60)39-37-35-33-31-12-10-8-6-4-2)43-67-55-53(66)51(64)54(47(42-59)69-55)70-56-52(65)50(63)49(62)46(41-58)68-56/h44-47,49-56,58-60,62-66H,3-43H2,1-2H3,(H,57,61). The number of hydrogen-bond acceptors (Lipinski definition) is 13. The third kappa shape index (κ3) is 29.2. The highest BCUT2D eigenvalue weighted by Crippen LogP contribution is 2.30. The van der Waals surface area contributed by atoms with Gasteiger partial charge < -0.3 is 65.1 Å². The second-order valence-corrected chi connectivity index (χ2v) is 21.1. The summed E-state index contributed by atoms with van der Waals surface area (Å²) in [6.07, 6.45) is 30.0. The Bertz CT molecular complexity index is 1180. The van der Waals surface area contributed by atoms with E-state index in [1.165, 1.54) is 180 Å². The number of carbonyl (C=O) groups is 1. The highest BCUT2D eigenvalue weighted by molar-refractivity contribution is 5.76. The molecule has 14 nitrogen and oxygen atoms in total. The molecule has 1 amide bonds. The molecule has 14 heteroatoms. The lowest BCUT2D eigenvalue weighted by atomic mass is 9.97. The lowest BCUT2D eigenvalue weighted by molar-refractivity contribution is -0.359. The average molecular weight is 1000 g/mol. The first-order chi connectivity index (χ1) is 34.1. The van der Waals surface area contributed by atoms with Crippen LogP contribution in [0.25, 0.3) is 0 Å². The molecule has 0 aromatic carbocycles. The fraction of sp³-hybridized carbons (Fsp3) is 0.982. The predicted molar refractivity (Wildman–Crippen MR) is 277 cm³/mol. The van der Waals surface area contributed by atoms with Crippen LogP contribution >= 0.6 is 0 Å². The van der Waals surface area contributed by atoms with Crippen molar-refractivity contribution < 1.29 is 64.6 Å². The first-order valence-corrected chi connectivity index (χ1v) is 29.3. The van der Waals surface area contributed by atoms with Crippen molar-refractivity contribution >= 4 is 5.91 Å². The number of carbonyl (C=O) groups excluding carboxylic acids is 1. The maximum atomic E-state index is 13.2. The van der Waals surface area contributed by atoms with Crippen LogP contribution in [0.1, 0.15) is 258 Å². The fourth-order valence-corrected chi connectivity index (χ4v) is 10.1. The van der Waals surface area contributed by atoms with Gasteiger partial charge in [0.1, 0.15) is 48.8 Å². The highest BCUT2D eigenvalue weighted by atomic mass is 16.7. The SMILES string of the molecule is CCCCCCCCCCCCCCCCCCCCCCCCCCCCCC(=O)NC(COC1OC(CO)C(OC2OC(CO)C(O)C(O)C2O)C(O)C1O)C(O)CCCCCCCCCCC. The third-order valence-electron chi connectivity index (χ3n) is 14.8. The van der Waals surface area contributed by atoms with Crippen LogP contribution in [-0.2, 0) is 23.7 Å². The summed E-state index contributed by atoms with van der Waals surface area (Å²) >= 11 is 0. The largest absolute Gasteiger partial charge is 0.394 e. The molecule has 9 N–H and O–H groups in total. The molecule has 2 fully saturated rings. The van der Waals surface area contributed by atoms with Crippen molar-refractivity contribution in [2.45, 2.75) is 331 Å². The summed E-state index contributed by atoms with van der Waals surface area (Å²) in [5.74, 6) is -0.203. The molecule has 416 valence electrons. The van der Waals surface area contributed by atoms with E-state index in [0.29, 0.717) is 12.8 Å². The van der Waals surface area contributed by atoms with E-state index in [0.717, 1.165) is 51.4 Å². The number of aliphatic hydroxyl groups excluding tert-OH is 8. The maximum Gasteiger partial charge on any atom is 0.220 e. The zero-order valence-corrected chi connectivity index (χ0v) is 44.5. The minimum Gasteiger partial charge on any atom is -0.394 e. The Balaban J connectivity index is 1.64. The number of hydrogen-bond donors (Lipinski definition) is 9. The minimum absolute atomic E-state index is 0.203. The molecule has 12 atom stereocenters. The van der Waals surface area contributed by atoms with E-state index in [1.54, 1.807) is 0 Å². The van der Waals surface area contributed by atoms with E-state index in [-0.39, 0.29) is 12.5 Å². The number of aliphatic hydroxyl groups is 8. The summed E-state index contributed by atoms with van der Waals surface area (Å²) in [6, 6.07) is -0.820. The topological polar surface area (TPSA) is 228 Å². The zero-order valence-electron chi connectivity index (χ0n) is 44.5. The summed E-state index contributed by atoms with van der Waals surface area (Å²) in [5.41, 5.74) is 0. The Hall–Kier alpha value is -1.01. The first kappa shape index (κ1) is 65.1. The molecule has 12 unspecified atom stereocenters. The van der Waals surface area contributed by atoms with Crippen LogP contribution in [0.5, 0.6) is 0 Å². The van der Waals surface area contributed by atoms with Gasteiger partial charge in [-0.15, -0.1) is 0 Å². The van der Waals surface area contributed by atoms with Crippen LogP contribution in [0, 0.1) is 0 Å². The molecule has 2 aliphatic rings. The number of nitrogens with one attached hydrogen (secondary N) is 1. The van der Waals surface area contributed by atoms with Crippen LogP contribution < -0.4 is 5.32 Å². The average Bonchev–Trinajstić information content (AvgIpc) is 3.36. The number of rotatable bonds is 47. The van der Waals surface area contributed by atoms with Gasteiger partial charge in [0, 0.05) is 6.42 Å². The van der Waals surface area contributed by atoms with Gasteiger partial charge >= 0.3 is 0 Å². The summed E-state index contributed by atoms with van der Waals surface area (Å²) in [5, 5.41) is 86.9. The van der Waals surface area contributed by atoms with Gasteiger partial charge in [-0.25, -0.2) is 0 Å². The van der Waals surface area contributed by atoms with E-state index in [4.69, 9.17) is 18.9 Å². The van der Waals surface area contributed by atoms with E-state index in [9.17, 15) is 45.6 Å². The second kappa shape index (κ2) is 43.3. The van der Waals surface area contributed by atoms with Gasteiger partial charge in [-0.3, -0.25) is 4.79 Å². The Morgan fingerprint density at radius 1 is 0.457 bits per heavy atom. The van der Waals surface area contributed by atoms with Crippen LogP contribution in [0.15, 0.2) is 0 Å². The van der Waals surface area contributed by atoms with Crippen LogP contribution in [-0.4, -0.2) is 140 Å². The number of ether oxygens (including phenoxy) is 4. The molecule has 0 bridgehead atoms. The second-order valence-electron chi connectivity index (χ2n) is 21.1. The monoisotopic (exact) mass is 1000 g/mol. The van der Waals surface area contributed by atoms with Crippen molar-refractivity contribution in [3.8, 4) is 0 Å². The molecule has 0 aromatic heterocycles. The molecule has 0 aromatic rings. The van der Waals surface area contributed by atoms with Crippen molar-refractivity contribution in [3.63, 3.8) is 0 Å². The summed E-state index contributed by atoms with van der Waals surface area (Å²) in [7, 11) is 0. The highest BCUT2D eigenvalue weighted by Gasteiger charge is 2.51. The normalized spacial score (nSPS) is 25.9. The molecule has 0 spiro atoms. The van der Waals surface area contributed by atoms with Gasteiger partial charge in [0.25, 0.3) is 0 Å². The fourth-order valence-electron chi connectivity index (χ4n) is 10.1. The summed E-state index contributed by atoms with van der Waals surface area (Å²) in [6.45, 7) is 2.85. The van der Waals surface area contributed by atoms with Crippen LogP contribution in [0.3, 0.4) is 0 Å². The van der Waals surface area contributed by atoms with Gasteiger partial charge in [0.05, 0.1) is 32.0 Å². The van der Waals surface area contributed by atoms with Crippen LogP contribution in [0.2, 0.25) is 0 Å². The molecule has 2 saturated heterocycles. The molecule has 2 aliphatic heterocycles. The van der Waals surface area contributed by atoms with Gasteiger partial charge in [0.2, 0.25) is 5.91 Å². The Labute approximate surface area is 425 Å². The lowest BCUT2D eigenvalue weighted by Crippen LogP contribution is -2.65. The molecular weight excluding hydrogens is 895 g/mol. The zero-order chi connectivity index (χ0) is 51.0. The van der Waals surface area contributed by atoms with Crippen molar-refractivity contribution in [3.05, 3.63) is 0 Å². The van der Waals surface area contributed by atoms with Crippen molar-refractivity contribution in [2.24, 2.45) is 0 Å². The van der Waals surface area contributed by atoms with E-state index in [2.05, 4.69) is 19.2 Å². The third-order valence-corrected chi connectivity index (χ3v) is 14.8. The lowest BCUT2D eigenvalue weighted by Gasteiger charge is -2.46. The quantitative estimate of drug-likeness (QED) is 0.0259. The minimum atomic E-state index is -1.78. The Kier molecular flexibility index (Phi) is 40.2. The predicted octanol–water partition coefficient (Wildman–Crippen LogP) is 9.34. The molecule has 0 aliphatic carbocycles. The Morgan fingerprint density at radius 2 is 0.814 bits per heavy atom. The smallest absolute Gasteiger partial charge is 0.220 e. The van der Waals surface area contributed by atoms with Crippen molar-refractivity contribution in [1.29, 1.82) is 0 Å². The molecule has 2 rings (SSSR count). The molecule has 0 saturated carbocycles. The molecule has 0 radical (unpaired) electrons. The molecular formula is C56H109NO13. The molecule has 70 heavy (non-hydrogen) atoms. The number of unbranched alkanes of at least 4 members (excludes halogenated alkanes) is 34. The van der Waals surface area contributed by atoms with E-state index in [1.807, 2.05) is 0 Å². The van der Waals surface area contributed by atoms with Gasteiger partial charge in [-0.2, -0.15) is 0 Å². The van der Waals surface area contributed by atoms with Gasteiger partial charge in [0.15, 0.2) is 12.6 Å². The van der Waals surface area contributed by atoms with Gasteiger partial charge in [-0.05, 0) is 12.8 Å². The summed E-state index contributed by atoms with van der Waals surface area (Å²) < 4.78 is 22.8. The van der Waals surface area contributed by atoms with Gasteiger partial charge in [-0.1, -0.05) is 239 Å². The summed E-state index contributed by atoms with van der Waals surface area (Å²) in [4.78, 5) is 13.2. The maximum absolute atomic E-state index is 13.2.